The predicted molar refractivity (Wildman–Crippen MR) is 69.0 cm³/mol. The second kappa shape index (κ2) is 29.5. The van der Waals surface area contributed by atoms with Crippen LogP contribution in [0.4, 0.5) is 0 Å². The molecule has 0 amide bonds. The number of aliphatic hydroxyl groups excluding tert-OH is 1. The van der Waals surface area contributed by atoms with Gasteiger partial charge in [0.1, 0.15) is 13.2 Å². The standard InChI is InChI=1S/C5H8O2.2C2H6O.2ClH.Nb/c1-4(6)3-5(2)7;2*1-2-3;;;/h3,6H,1-2H3;2*3H,2H2,1H3;2*1H;/q;;;;;+2/p+1/b4-3-;;;;;. The first kappa shape index (κ1) is 25.3. The molecule has 0 aromatic heterocycles. The maximum atomic E-state index is 8.40. The Hall–Kier alpha value is 0.450. The van der Waals surface area contributed by atoms with E-state index in [2.05, 4.69) is 0 Å². The number of rotatable bonds is 1. The van der Waals surface area contributed by atoms with Crippen LogP contribution in [0, 0.1) is 0 Å². The number of ketones is 1. The molecule has 0 aliphatic heterocycles. The van der Waals surface area contributed by atoms with Gasteiger partial charge in [0.25, 0.3) is 0 Å². The number of halogens is 2. The summed E-state index contributed by atoms with van der Waals surface area (Å²) in [7, 11) is 9.83. The van der Waals surface area contributed by atoms with Crippen LogP contribution in [0.25, 0.3) is 0 Å². The first-order valence-electron chi connectivity index (χ1n) is 4.48. The van der Waals surface area contributed by atoms with Gasteiger partial charge in [0.15, 0.2) is 0 Å². The number of allylic oxidation sites excluding steroid dienone is 2. The average Bonchev–Trinajstić information content (AvgIpc) is 2.04. The van der Waals surface area contributed by atoms with Crippen molar-refractivity contribution in [3.63, 3.8) is 0 Å². The first-order chi connectivity index (χ1) is 7.37. The van der Waals surface area contributed by atoms with E-state index in [1.807, 2.05) is 0 Å². The molecular formula is C9H23Cl2NbO4+3. The van der Waals surface area contributed by atoms with Gasteiger partial charge in [-0.2, -0.15) is 0 Å². The van der Waals surface area contributed by atoms with Crippen molar-refractivity contribution in [2.75, 3.05) is 13.2 Å². The molecule has 0 radical (unpaired) electrons. The molecule has 0 aromatic rings. The van der Waals surface area contributed by atoms with Gasteiger partial charge in [-0.05, 0) is 6.92 Å². The van der Waals surface area contributed by atoms with Crippen LogP contribution in [-0.4, -0.2) is 39.1 Å². The van der Waals surface area contributed by atoms with Crippen LogP contribution in [0.5, 0.6) is 0 Å². The summed E-state index contributed by atoms with van der Waals surface area (Å²) in [5.74, 6) is 0.250. The Morgan fingerprint density at radius 1 is 1.25 bits per heavy atom. The molecule has 0 saturated carbocycles. The van der Waals surface area contributed by atoms with Crippen molar-refractivity contribution in [3.8, 4) is 0 Å². The van der Waals surface area contributed by atoms with Gasteiger partial charge >= 0.3 is 41.8 Å². The Labute approximate surface area is 114 Å². The zero-order valence-corrected chi connectivity index (χ0v) is 13.8. The van der Waals surface area contributed by atoms with E-state index in [4.69, 9.17) is 38.5 Å². The second-order valence-electron chi connectivity index (χ2n) is 2.20. The quantitative estimate of drug-likeness (QED) is 0.329. The molecule has 99 valence electrons. The van der Waals surface area contributed by atoms with Crippen molar-refractivity contribution < 1.29 is 37.7 Å². The van der Waals surface area contributed by atoms with E-state index < -0.39 is 17.6 Å². The molecule has 0 heterocycles. The summed E-state index contributed by atoms with van der Waals surface area (Å²) >= 11 is -0.706. The summed E-state index contributed by atoms with van der Waals surface area (Å²) in [5.41, 5.74) is 0. The van der Waals surface area contributed by atoms with Gasteiger partial charge in [0.2, 0.25) is 0 Å². The molecule has 0 rings (SSSR count). The van der Waals surface area contributed by atoms with Crippen LogP contribution in [0.3, 0.4) is 0 Å². The fraction of sp³-hybridized carbons (Fsp3) is 0.667. The Balaban J connectivity index is -0.0000000677. The Morgan fingerprint density at radius 3 is 1.44 bits per heavy atom. The van der Waals surface area contributed by atoms with Crippen molar-refractivity contribution in [3.05, 3.63) is 11.8 Å². The zero-order valence-electron chi connectivity index (χ0n) is 10.1. The molecule has 0 aliphatic rings. The van der Waals surface area contributed by atoms with Gasteiger partial charge in [-0.25, -0.2) is 0 Å². The summed E-state index contributed by atoms with van der Waals surface area (Å²) in [6.07, 6.45) is 1.28. The van der Waals surface area contributed by atoms with Gasteiger partial charge in [-0.3, -0.25) is 4.79 Å². The molecule has 0 saturated heterocycles. The molecule has 16 heavy (non-hydrogen) atoms. The van der Waals surface area contributed by atoms with E-state index in [1.165, 1.54) is 19.9 Å². The van der Waals surface area contributed by atoms with E-state index in [0.29, 0.717) is 13.2 Å². The van der Waals surface area contributed by atoms with E-state index in [1.54, 1.807) is 13.8 Å². The molecule has 0 spiro atoms. The van der Waals surface area contributed by atoms with Crippen molar-refractivity contribution in [1.29, 1.82) is 0 Å². The van der Waals surface area contributed by atoms with Gasteiger partial charge in [0.05, 0.1) is 18.8 Å². The number of hydrogen-bond donors (Lipinski definition) is 1. The Kier molecular flexibility index (Phi) is 46.8. The monoisotopic (exact) mass is 358 g/mol. The summed E-state index contributed by atoms with van der Waals surface area (Å²) in [5, 5.41) is 20.8. The minimum absolute atomic E-state index is 0.125. The normalized spacial score (nSPS) is 8.12. The van der Waals surface area contributed by atoms with Crippen molar-refractivity contribution in [2.24, 2.45) is 0 Å². The summed E-state index contributed by atoms with van der Waals surface area (Å²) < 4.78 is 0. The third-order valence-corrected chi connectivity index (χ3v) is 0.418. The molecular weight excluding hydrogens is 336 g/mol. The molecule has 0 unspecified atom stereocenters. The van der Waals surface area contributed by atoms with Crippen LogP contribution in [-0.2, 0) is 17.6 Å². The van der Waals surface area contributed by atoms with E-state index in [-0.39, 0.29) is 11.5 Å². The fourth-order valence-electron chi connectivity index (χ4n) is 0.302. The topological polar surface area (TPSA) is 87.4 Å². The second-order valence-corrected chi connectivity index (χ2v) is 5.54. The van der Waals surface area contributed by atoms with Gasteiger partial charge in [-0.1, -0.05) is 0 Å². The summed E-state index contributed by atoms with van der Waals surface area (Å²) in [4.78, 5) is 8.40. The Morgan fingerprint density at radius 2 is 1.44 bits per heavy atom. The van der Waals surface area contributed by atoms with Gasteiger partial charge < -0.3 is 15.3 Å². The van der Waals surface area contributed by atoms with Crippen LogP contribution < -0.4 is 0 Å². The molecule has 0 aromatic carbocycles. The molecule has 6 N–H and O–H groups in total. The zero-order chi connectivity index (χ0) is 14.0. The fourth-order valence-corrected chi connectivity index (χ4v) is 0.302. The number of carbonyl (C=O) groups excluding carboxylic acids is 1. The van der Waals surface area contributed by atoms with Gasteiger partial charge in [0, 0.05) is 13.8 Å². The van der Waals surface area contributed by atoms with Crippen molar-refractivity contribution in [1.82, 2.24) is 0 Å². The maximum absolute atomic E-state index is 8.40. The van der Waals surface area contributed by atoms with Crippen LogP contribution in [0.15, 0.2) is 11.8 Å². The molecule has 4 nitrogen and oxygen atoms in total. The van der Waals surface area contributed by atoms with Gasteiger partial charge in [-0.15, -0.1) is 0 Å². The minimum atomic E-state index is -0.706. The third-order valence-electron chi connectivity index (χ3n) is 0.418. The van der Waals surface area contributed by atoms with Crippen LogP contribution in [0.2, 0.25) is 0 Å². The van der Waals surface area contributed by atoms with E-state index >= 15 is 0 Å². The van der Waals surface area contributed by atoms with E-state index in [0.717, 1.165) is 0 Å². The van der Waals surface area contributed by atoms with E-state index in [9.17, 15) is 0 Å². The molecule has 0 aliphatic carbocycles. The number of aliphatic hydroxyl groups is 1. The van der Waals surface area contributed by atoms with Crippen LogP contribution in [0.1, 0.15) is 27.7 Å². The first-order valence-corrected chi connectivity index (χ1v) is 10.1. The predicted octanol–water partition coefficient (Wildman–Crippen LogP) is 1.85. The average molecular weight is 359 g/mol. The molecule has 0 atom stereocenters. The van der Waals surface area contributed by atoms with Crippen molar-refractivity contribution >= 4 is 24.2 Å². The summed E-state index contributed by atoms with van der Waals surface area (Å²) in [6, 6.07) is 0. The molecule has 7 heteroatoms. The SMILES string of the molecule is CC(=[OH+])/C=C(/C)O.CC[OH2+].CC[OH2+].[Cl][Nb][Cl]. The number of hydrogen-bond acceptors (Lipinski definition) is 1. The Bertz CT molecular complexity index is 146. The molecule has 0 bridgehead atoms. The van der Waals surface area contributed by atoms with Crippen LogP contribution >= 0.6 is 18.4 Å². The third kappa shape index (κ3) is 132. The molecule has 0 fully saturated rings. The summed E-state index contributed by atoms with van der Waals surface area (Å²) in [6.45, 7) is 7.58. The van der Waals surface area contributed by atoms with Crippen molar-refractivity contribution in [2.45, 2.75) is 27.7 Å².